The van der Waals surface area contributed by atoms with Crippen LogP contribution in [-0.4, -0.2) is 16.6 Å². The van der Waals surface area contributed by atoms with Crippen LogP contribution in [0.1, 0.15) is 0 Å². The highest BCUT2D eigenvalue weighted by Gasteiger charge is 2.36. The molecule has 11 rings (SSSR count). The largest absolute Gasteiger partial charge is 0.314 e. The maximum Gasteiger partial charge on any atom is 0.160 e. The summed E-state index contributed by atoms with van der Waals surface area (Å²) in [5, 5.41) is 6.57. The summed E-state index contributed by atoms with van der Waals surface area (Å²) in [5.41, 5.74) is 13.9. The Balaban J connectivity index is 1.05. The van der Waals surface area contributed by atoms with Gasteiger partial charge in [0.2, 0.25) is 0 Å². The van der Waals surface area contributed by atoms with Gasteiger partial charge in [-0.2, -0.15) is 0 Å². The number of hydrogen-bond donors (Lipinski definition) is 0. The van der Waals surface area contributed by atoms with E-state index in [0.717, 1.165) is 60.9 Å². The molecular formula is C55H37N2OP. The van der Waals surface area contributed by atoms with Crippen LogP contribution < -0.4 is 10.6 Å². The quantitative estimate of drug-likeness (QED) is 0.125. The highest BCUT2D eigenvalue weighted by atomic mass is 31.2. The van der Waals surface area contributed by atoms with E-state index >= 15 is 0 Å². The second-order valence-corrected chi connectivity index (χ2v) is 18.1. The summed E-state index contributed by atoms with van der Waals surface area (Å²) >= 11 is 0. The van der Waals surface area contributed by atoms with E-state index in [2.05, 4.69) is 170 Å². The Kier molecular flexibility index (Phi) is 8.32. The normalized spacial score (nSPS) is 14.3. The summed E-state index contributed by atoms with van der Waals surface area (Å²) < 4.78 is 14.4. The fourth-order valence-corrected chi connectivity index (χ4v) is 11.3. The zero-order chi connectivity index (χ0) is 39.5. The summed E-state index contributed by atoms with van der Waals surface area (Å²) in [6.07, 6.45) is 0. The molecule has 2 heterocycles. The molecule has 0 fully saturated rings. The zero-order valence-corrected chi connectivity index (χ0v) is 33.3. The van der Waals surface area contributed by atoms with Crippen LogP contribution in [0.2, 0.25) is 0 Å². The zero-order valence-electron chi connectivity index (χ0n) is 32.4. The lowest BCUT2D eigenvalue weighted by Gasteiger charge is -2.20. The van der Waals surface area contributed by atoms with Crippen molar-refractivity contribution in [2.24, 2.45) is 0 Å². The number of nitrogens with zero attached hydrogens (tertiary/aromatic N) is 2. The molecule has 0 saturated heterocycles. The van der Waals surface area contributed by atoms with Crippen LogP contribution in [0.15, 0.2) is 206 Å². The van der Waals surface area contributed by atoms with Crippen LogP contribution in [0.3, 0.4) is 0 Å². The van der Waals surface area contributed by atoms with Crippen LogP contribution in [0, 0.1) is 0 Å². The Morgan fingerprint density at radius 1 is 0.339 bits per heavy atom. The predicted octanol–water partition coefficient (Wildman–Crippen LogP) is 13.7. The number of rotatable bonds is 6. The molecule has 278 valence electrons. The van der Waals surface area contributed by atoms with Gasteiger partial charge in [0.15, 0.2) is 5.82 Å². The van der Waals surface area contributed by atoms with Crippen LogP contribution in [0.4, 0.5) is 0 Å². The molecule has 9 aromatic carbocycles. The van der Waals surface area contributed by atoms with Crippen molar-refractivity contribution >= 4 is 39.3 Å². The molecule has 1 aliphatic heterocycles. The second kappa shape index (κ2) is 14.0. The van der Waals surface area contributed by atoms with E-state index in [-0.39, 0.29) is 0 Å². The molecule has 0 amide bonds. The molecular weight excluding hydrogens is 736 g/mol. The lowest BCUT2D eigenvalue weighted by atomic mass is 9.84. The Morgan fingerprint density at radius 2 is 0.763 bits per heavy atom. The number of benzene rings is 9. The van der Waals surface area contributed by atoms with Crippen LogP contribution in [0.5, 0.6) is 0 Å². The van der Waals surface area contributed by atoms with Crippen molar-refractivity contribution in [2.45, 2.75) is 0 Å². The monoisotopic (exact) mass is 772 g/mol. The van der Waals surface area contributed by atoms with Crippen molar-refractivity contribution in [2.75, 3.05) is 6.66 Å². The van der Waals surface area contributed by atoms with E-state index in [0.29, 0.717) is 5.82 Å². The van der Waals surface area contributed by atoms with Gasteiger partial charge in [-0.1, -0.05) is 200 Å². The molecule has 1 aromatic heterocycles. The Hall–Kier alpha value is -7.19. The first kappa shape index (κ1) is 35.0. The van der Waals surface area contributed by atoms with E-state index in [1.807, 2.05) is 43.1 Å². The van der Waals surface area contributed by atoms with Gasteiger partial charge >= 0.3 is 0 Å². The molecule has 3 nitrogen and oxygen atoms in total. The van der Waals surface area contributed by atoms with Crippen molar-refractivity contribution in [3.63, 3.8) is 0 Å². The highest BCUT2D eigenvalue weighted by molar-refractivity contribution is 7.79. The van der Waals surface area contributed by atoms with E-state index in [1.165, 1.54) is 43.8 Å². The van der Waals surface area contributed by atoms with Gasteiger partial charge in [-0.3, -0.25) is 0 Å². The van der Waals surface area contributed by atoms with Crippen LogP contribution in [-0.2, 0) is 4.57 Å². The molecule has 1 unspecified atom stereocenters. The number of aromatic nitrogens is 2. The molecule has 59 heavy (non-hydrogen) atoms. The summed E-state index contributed by atoms with van der Waals surface area (Å²) in [4.78, 5) is 10.2. The highest BCUT2D eigenvalue weighted by Crippen LogP contribution is 2.54. The van der Waals surface area contributed by atoms with Gasteiger partial charge in [0.1, 0.15) is 7.14 Å². The summed E-state index contributed by atoms with van der Waals surface area (Å²) in [6, 6.07) is 72.2. The van der Waals surface area contributed by atoms with E-state index < -0.39 is 7.14 Å². The summed E-state index contributed by atoms with van der Waals surface area (Å²) in [5.74, 6) is 0.691. The molecule has 0 bridgehead atoms. The maximum absolute atomic E-state index is 14.4. The van der Waals surface area contributed by atoms with E-state index in [4.69, 9.17) is 9.97 Å². The fourth-order valence-electron chi connectivity index (χ4n) is 9.03. The average molecular weight is 773 g/mol. The van der Waals surface area contributed by atoms with Crippen LogP contribution in [0.25, 0.3) is 100.0 Å². The van der Waals surface area contributed by atoms with Crippen molar-refractivity contribution in [1.82, 2.24) is 9.97 Å². The van der Waals surface area contributed by atoms with E-state index in [9.17, 15) is 4.57 Å². The molecule has 0 saturated carbocycles. The van der Waals surface area contributed by atoms with Gasteiger partial charge in [0.05, 0.1) is 11.4 Å². The number of fused-ring (bicyclic) bond motifs is 5. The predicted molar refractivity (Wildman–Crippen MR) is 248 cm³/mol. The number of hydrogen-bond acceptors (Lipinski definition) is 3. The SMILES string of the molecule is CP1(=O)c2ccccc2-c2c(-c3c4ccccc4c(-c4ccc(-c5cc(-c6ccc(-c7ccccc7)cc6)nc(-c6ccccc6)n5)cc4)c4ccccc34)cccc21. The first-order chi connectivity index (χ1) is 29.0. The molecule has 1 atom stereocenters. The van der Waals surface area contributed by atoms with Crippen molar-refractivity contribution in [3.05, 3.63) is 206 Å². The third-order valence-electron chi connectivity index (χ3n) is 11.9. The molecule has 10 aromatic rings. The van der Waals surface area contributed by atoms with Gasteiger partial charge in [0.25, 0.3) is 0 Å². The van der Waals surface area contributed by atoms with Crippen LogP contribution >= 0.6 is 7.14 Å². The third kappa shape index (κ3) is 5.85. The molecule has 0 aliphatic carbocycles. The first-order valence-corrected chi connectivity index (χ1v) is 22.1. The van der Waals surface area contributed by atoms with Crippen molar-refractivity contribution in [1.29, 1.82) is 0 Å². The topological polar surface area (TPSA) is 42.9 Å². The second-order valence-electron chi connectivity index (χ2n) is 15.3. The minimum absolute atomic E-state index is 0.691. The Labute approximate surface area is 343 Å². The third-order valence-corrected chi connectivity index (χ3v) is 14.5. The van der Waals surface area contributed by atoms with Crippen molar-refractivity contribution < 1.29 is 4.57 Å². The van der Waals surface area contributed by atoms with Gasteiger partial charge in [-0.25, -0.2) is 9.97 Å². The average Bonchev–Trinajstić information content (AvgIpc) is 3.54. The van der Waals surface area contributed by atoms with Crippen molar-refractivity contribution in [3.8, 4) is 78.4 Å². The minimum atomic E-state index is -2.74. The molecule has 0 N–H and O–H groups in total. The molecule has 0 spiro atoms. The minimum Gasteiger partial charge on any atom is -0.314 e. The Bertz CT molecular complexity index is 3230. The maximum atomic E-state index is 14.4. The summed E-state index contributed by atoms with van der Waals surface area (Å²) in [6.45, 7) is 1.92. The first-order valence-electron chi connectivity index (χ1n) is 20.0. The summed E-state index contributed by atoms with van der Waals surface area (Å²) in [7, 11) is -2.74. The molecule has 1 aliphatic rings. The standard InChI is InChI=1S/C55H37N2OP/c1-59(58)50-25-13-12-23-46(50)54-47(24-14-26-51(54)59)53-44-21-10-8-19-42(44)52(43-20-9-11-22-45(43)53)40-33-31-39(32-34-40)49-35-48(56-55(57-49)41-17-6-3-7-18-41)38-29-27-37(28-30-38)36-15-4-2-5-16-36/h2-35H,1H3. The fraction of sp³-hybridized carbons (Fsp3) is 0.0182. The van der Waals surface area contributed by atoms with Gasteiger partial charge < -0.3 is 4.57 Å². The Morgan fingerprint density at radius 3 is 1.36 bits per heavy atom. The van der Waals surface area contributed by atoms with Gasteiger partial charge in [-0.15, -0.1) is 0 Å². The lowest BCUT2D eigenvalue weighted by Crippen LogP contribution is -2.08. The molecule has 0 radical (unpaired) electrons. The van der Waals surface area contributed by atoms with Gasteiger partial charge in [0, 0.05) is 32.9 Å². The molecule has 4 heteroatoms. The smallest absolute Gasteiger partial charge is 0.160 e. The van der Waals surface area contributed by atoms with E-state index in [1.54, 1.807) is 0 Å². The lowest BCUT2D eigenvalue weighted by molar-refractivity contribution is 0.591. The van der Waals surface area contributed by atoms with Gasteiger partial charge in [-0.05, 0) is 73.2 Å².